The molecule has 1 saturated heterocycles. The van der Waals surface area contributed by atoms with E-state index in [0.29, 0.717) is 15.3 Å². The first-order valence-corrected chi connectivity index (χ1v) is 20.9. The molecular weight excluding hydrogens is 354 g/mol. The Labute approximate surface area is 127 Å². The first-order chi connectivity index (χ1) is 8.60. The summed E-state index contributed by atoms with van der Waals surface area (Å²) in [5.74, 6) is 0. The molecule has 1 aliphatic heterocycles. The van der Waals surface area contributed by atoms with Gasteiger partial charge in [-0.3, -0.25) is 0 Å². The molecule has 0 spiro atoms. The summed E-state index contributed by atoms with van der Waals surface area (Å²) in [5, 5.41) is 0.451. The fourth-order valence-corrected chi connectivity index (χ4v) is 31.9. The summed E-state index contributed by atoms with van der Waals surface area (Å²) in [5.41, 5.74) is 0. The van der Waals surface area contributed by atoms with E-state index in [0.717, 1.165) is 0 Å². The quantitative estimate of drug-likeness (QED) is 0.539. The molecule has 4 heteroatoms. The fraction of sp³-hybridized carbons (Fsp3) is 1.00. The molecule has 2 atom stereocenters. The van der Waals surface area contributed by atoms with Crippen LogP contribution in [0.5, 0.6) is 0 Å². The summed E-state index contributed by atoms with van der Waals surface area (Å²) in [6, 6.07) is 1.29. The third-order valence-corrected chi connectivity index (χ3v) is 31.2. The van der Waals surface area contributed by atoms with E-state index in [9.17, 15) is 0 Å². The van der Waals surface area contributed by atoms with Gasteiger partial charge in [-0.2, -0.15) is 0 Å². The molecule has 0 N–H and O–H groups in total. The Morgan fingerprint density at radius 2 is 1.53 bits per heavy atom. The number of rotatable bonds is 5. The van der Waals surface area contributed by atoms with Crippen LogP contribution in [-0.2, 0) is 4.34 Å². The Kier molecular flexibility index (Phi) is 5.40. The molecule has 1 aliphatic rings. The van der Waals surface area contributed by atoms with Gasteiger partial charge in [0, 0.05) is 0 Å². The Hall–Kier alpha value is 1.04. The van der Waals surface area contributed by atoms with E-state index in [1.807, 2.05) is 0 Å². The van der Waals surface area contributed by atoms with Crippen molar-refractivity contribution in [3.63, 3.8) is 0 Å². The molecule has 0 amide bonds. The molecule has 112 valence electrons. The van der Waals surface area contributed by atoms with Gasteiger partial charge < -0.3 is 0 Å². The predicted octanol–water partition coefficient (Wildman–Crippen LogP) is 5.82. The SMILES string of the molecule is CCB1O[Si](C)(CC)[C](C)([Sn]([CH3])([CH3])[CH3])C1(CC)CC. The summed E-state index contributed by atoms with van der Waals surface area (Å²) < 4.78 is 7.43. The van der Waals surface area contributed by atoms with Crippen LogP contribution in [0, 0.1) is 0 Å². The molecule has 0 bridgehead atoms. The molecule has 0 aromatic heterocycles. The Morgan fingerprint density at radius 1 is 1.05 bits per heavy atom. The van der Waals surface area contributed by atoms with E-state index in [4.69, 9.17) is 4.34 Å². The molecule has 0 saturated carbocycles. The first-order valence-electron chi connectivity index (χ1n) is 8.28. The summed E-state index contributed by atoms with van der Waals surface area (Å²) in [4.78, 5) is 7.95. The summed E-state index contributed by atoms with van der Waals surface area (Å²) in [6.45, 7) is 15.3. The van der Waals surface area contributed by atoms with Crippen molar-refractivity contribution in [2.24, 2.45) is 0 Å². The van der Waals surface area contributed by atoms with Gasteiger partial charge in [-0.1, -0.05) is 0 Å². The topological polar surface area (TPSA) is 9.23 Å². The average molecular weight is 389 g/mol. The summed E-state index contributed by atoms with van der Waals surface area (Å²) in [7, 11) is -1.62. The van der Waals surface area contributed by atoms with Crippen molar-refractivity contribution in [1.82, 2.24) is 0 Å². The van der Waals surface area contributed by atoms with E-state index in [1.165, 1.54) is 25.2 Å². The van der Waals surface area contributed by atoms with Gasteiger partial charge in [-0.05, 0) is 0 Å². The van der Waals surface area contributed by atoms with Crippen molar-refractivity contribution in [2.75, 3.05) is 0 Å². The predicted molar refractivity (Wildman–Crippen MR) is 94.4 cm³/mol. The first kappa shape index (κ1) is 18.1. The fourth-order valence-electron chi connectivity index (χ4n) is 5.26. The van der Waals surface area contributed by atoms with Gasteiger partial charge >= 0.3 is 128 Å². The minimum atomic E-state index is -2.13. The number of hydrogen-bond donors (Lipinski definition) is 0. The van der Waals surface area contributed by atoms with E-state index in [1.54, 1.807) is 0 Å². The normalized spacial score (nSPS) is 34.9. The van der Waals surface area contributed by atoms with Crippen molar-refractivity contribution in [2.45, 2.75) is 89.6 Å². The Balaban J connectivity index is 3.55. The van der Waals surface area contributed by atoms with Gasteiger partial charge in [0.2, 0.25) is 0 Å². The third-order valence-electron chi connectivity index (χ3n) is 6.88. The van der Waals surface area contributed by atoms with Crippen molar-refractivity contribution < 1.29 is 4.34 Å². The maximum absolute atomic E-state index is 6.88. The van der Waals surface area contributed by atoms with Crippen molar-refractivity contribution in [3.8, 4) is 0 Å². The second-order valence-corrected chi connectivity index (χ2v) is 29.4. The zero-order valence-corrected chi connectivity index (χ0v) is 18.7. The minimum absolute atomic E-state index is 0.451. The zero-order valence-electron chi connectivity index (χ0n) is 14.8. The summed E-state index contributed by atoms with van der Waals surface area (Å²) in [6.07, 6.45) is 3.80. The van der Waals surface area contributed by atoms with Crippen LogP contribution in [0.15, 0.2) is 0 Å². The average Bonchev–Trinajstić information content (AvgIpc) is 2.56. The van der Waals surface area contributed by atoms with Gasteiger partial charge in [0.1, 0.15) is 0 Å². The van der Waals surface area contributed by atoms with Crippen LogP contribution in [-0.4, -0.2) is 33.6 Å². The monoisotopic (exact) mass is 390 g/mol. The van der Waals surface area contributed by atoms with Gasteiger partial charge in [0.15, 0.2) is 0 Å². The van der Waals surface area contributed by atoms with Crippen LogP contribution < -0.4 is 0 Å². The van der Waals surface area contributed by atoms with Crippen LogP contribution in [0.4, 0.5) is 0 Å². The zero-order chi connectivity index (χ0) is 15.1. The van der Waals surface area contributed by atoms with Gasteiger partial charge in [-0.25, -0.2) is 0 Å². The van der Waals surface area contributed by atoms with Gasteiger partial charge in [0.05, 0.1) is 0 Å². The second-order valence-electron chi connectivity index (χ2n) is 7.84. The number of hydrogen-bond acceptors (Lipinski definition) is 1. The molecular formula is C15H35BOSiSn. The molecule has 0 aromatic rings. The standard InChI is InChI=1S/C12H26BOSi.3CH3.Sn/c1-7-12(8-2)11(5)15(6,10-4)14-13(12)9-3;;;;/h7-10H2,1-6H3;3*1H3;. The van der Waals surface area contributed by atoms with Crippen LogP contribution in [0.25, 0.3) is 0 Å². The molecule has 1 rings (SSSR count). The van der Waals surface area contributed by atoms with Crippen LogP contribution in [0.1, 0.15) is 47.5 Å². The molecule has 1 fully saturated rings. The van der Waals surface area contributed by atoms with Crippen molar-refractivity contribution >= 4 is 33.6 Å². The van der Waals surface area contributed by atoms with E-state index >= 15 is 0 Å². The van der Waals surface area contributed by atoms with Gasteiger partial charge in [0.25, 0.3) is 0 Å². The molecule has 1 nitrogen and oxygen atoms in total. The van der Waals surface area contributed by atoms with Crippen LogP contribution in [0.3, 0.4) is 0 Å². The molecule has 0 aromatic carbocycles. The molecule has 0 aliphatic carbocycles. The van der Waals surface area contributed by atoms with Crippen LogP contribution in [0.2, 0.25) is 42.1 Å². The van der Waals surface area contributed by atoms with Crippen molar-refractivity contribution in [1.29, 1.82) is 0 Å². The van der Waals surface area contributed by atoms with E-state index in [2.05, 4.69) is 56.0 Å². The van der Waals surface area contributed by atoms with E-state index < -0.39 is 26.7 Å². The Morgan fingerprint density at radius 3 is 1.79 bits per heavy atom. The molecule has 19 heavy (non-hydrogen) atoms. The van der Waals surface area contributed by atoms with Crippen molar-refractivity contribution in [3.05, 3.63) is 0 Å². The maximum atomic E-state index is 6.88. The molecule has 1 heterocycles. The van der Waals surface area contributed by atoms with E-state index in [-0.39, 0.29) is 0 Å². The van der Waals surface area contributed by atoms with Gasteiger partial charge in [-0.15, -0.1) is 0 Å². The molecule has 2 unspecified atom stereocenters. The second kappa shape index (κ2) is 5.68. The Bertz CT molecular complexity index is 327. The van der Waals surface area contributed by atoms with Crippen LogP contribution >= 0.6 is 0 Å². The summed E-state index contributed by atoms with van der Waals surface area (Å²) >= 11 is -2.13. The molecule has 0 radical (unpaired) electrons. The third kappa shape index (κ3) is 2.21.